The van der Waals surface area contributed by atoms with Gasteiger partial charge in [-0.1, -0.05) is 31.5 Å². The summed E-state index contributed by atoms with van der Waals surface area (Å²) in [5.41, 5.74) is 1.70. The molecule has 0 aliphatic heterocycles. The van der Waals surface area contributed by atoms with Crippen LogP contribution in [0.3, 0.4) is 0 Å². The van der Waals surface area contributed by atoms with Gasteiger partial charge in [-0.05, 0) is 30.7 Å². The molecule has 0 unspecified atom stereocenters. The molecule has 1 heterocycles. The SMILES string of the molecule is Cc1ccc(Oc2ncc(F)cc2CNC(C)C)c(Cl)c1. The van der Waals surface area contributed by atoms with E-state index in [1.807, 2.05) is 32.9 Å². The number of aromatic nitrogens is 1. The highest BCUT2D eigenvalue weighted by molar-refractivity contribution is 6.32. The summed E-state index contributed by atoms with van der Waals surface area (Å²) in [5, 5.41) is 3.72. The summed E-state index contributed by atoms with van der Waals surface area (Å²) < 4.78 is 19.1. The lowest BCUT2D eigenvalue weighted by Gasteiger charge is -2.13. The zero-order valence-corrected chi connectivity index (χ0v) is 13.0. The minimum atomic E-state index is -0.391. The Morgan fingerprint density at radius 1 is 1.33 bits per heavy atom. The predicted molar refractivity (Wildman–Crippen MR) is 82.4 cm³/mol. The van der Waals surface area contributed by atoms with Crippen molar-refractivity contribution < 1.29 is 9.13 Å². The number of pyridine rings is 1. The monoisotopic (exact) mass is 308 g/mol. The van der Waals surface area contributed by atoms with Gasteiger partial charge in [-0.25, -0.2) is 9.37 Å². The molecule has 0 spiro atoms. The van der Waals surface area contributed by atoms with Gasteiger partial charge in [0, 0.05) is 18.2 Å². The molecule has 0 radical (unpaired) electrons. The van der Waals surface area contributed by atoms with E-state index in [0.717, 1.165) is 11.8 Å². The van der Waals surface area contributed by atoms with Gasteiger partial charge in [-0.3, -0.25) is 0 Å². The molecule has 0 saturated carbocycles. The summed E-state index contributed by atoms with van der Waals surface area (Å²) >= 11 is 6.15. The Morgan fingerprint density at radius 3 is 2.76 bits per heavy atom. The van der Waals surface area contributed by atoms with Crippen LogP contribution in [0.5, 0.6) is 11.6 Å². The lowest BCUT2D eigenvalue weighted by molar-refractivity contribution is 0.446. The summed E-state index contributed by atoms with van der Waals surface area (Å²) in [5.74, 6) is 0.473. The molecule has 1 aromatic carbocycles. The van der Waals surface area contributed by atoms with E-state index in [0.29, 0.717) is 28.8 Å². The molecule has 0 saturated heterocycles. The Hall–Kier alpha value is -1.65. The maximum atomic E-state index is 13.4. The lowest BCUT2D eigenvalue weighted by Crippen LogP contribution is -2.22. The predicted octanol–water partition coefficient (Wildman–Crippen LogP) is 4.47. The number of ether oxygens (including phenoxy) is 1. The summed E-state index contributed by atoms with van der Waals surface area (Å²) in [7, 11) is 0. The first kappa shape index (κ1) is 15.7. The second kappa shape index (κ2) is 6.87. The summed E-state index contributed by atoms with van der Waals surface area (Å²) in [6.45, 7) is 6.46. The minimum absolute atomic E-state index is 0.282. The van der Waals surface area contributed by atoms with Gasteiger partial charge in [0.05, 0.1) is 11.2 Å². The number of nitrogens with zero attached hydrogens (tertiary/aromatic N) is 1. The van der Waals surface area contributed by atoms with Crippen LogP contribution in [0.1, 0.15) is 25.0 Å². The number of nitrogens with one attached hydrogen (secondary N) is 1. The van der Waals surface area contributed by atoms with Gasteiger partial charge < -0.3 is 10.1 Å². The molecule has 1 N–H and O–H groups in total. The van der Waals surface area contributed by atoms with Crippen molar-refractivity contribution in [1.29, 1.82) is 0 Å². The summed E-state index contributed by atoms with van der Waals surface area (Å²) in [4.78, 5) is 4.02. The smallest absolute Gasteiger partial charge is 0.223 e. The molecule has 0 aliphatic carbocycles. The molecule has 1 aromatic heterocycles. The van der Waals surface area contributed by atoms with Crippen molar-refractivity contribution in [2.24, 2.45) is 0 Å². The van der Waals surface area contributed by atoms with Gasteiger partial charge in [0.1, 0.15) is 11.6 Å². The highest BCUT2D eigenvalue weighted by atomic mass is 35.5. The third kappa shape index (κ3) is 4.41. The van der Waals surface area contributed by atoms with Crippen LogP contribution < -0.4 is 10.1 Å². The van der Waals surface area contributed by atoms with E-state index in [9.17, 15) is 4.39 Å². The maximum absolute atomic E-state index is 13.4. The molecule has 0 amide bonds. The largest absolute Gasteiger partial charge is 0.437 e. The van der Waals surface area contributed by atoms with Crippen LogP contribution in [0, 0.1) is 12.7 Å². The normalized spacial score (nSPS) is 11.0. The number of halogens is 2. The van der Waals surface area contributed by atoms with Crippen molar-refractivity contribution >= 4 is 11.6 Å². The van der Waals surface area contributed by atoms with Crippen molar-refractivity contribution in [1.82, 2.24) is 10.3 Å². The van der Waals surface area contributed by atoms with Gasteiger partial charge in [0.2, 0.25) is 5.88 Å². The zero-order valence-electron chi connectivity index (χ0n) is 12.3. The Bertz CT molecular complexity index is 632. The minimum Gasteiger partial charge on any atom is -0.437 e. The van der Waals surface area contributed by atoms with E-state index in [4.69, 9.17) is 16.3 Å². The average Bonchev–Trinajstić information content (AvgIpc) is 2.41. The Morgan fingerprint density at radius 2 is 2.10 bits per heavy atom. The van der Waals surface area contributed by atoms with Gasteiger partial charge in [0.15, 0.2) is 0 Å². The Balaban J connectivity index is 2.26. The standard InChI is InChI=1S/C16H18ClFN2O/c1-10(2)19-8-12-7-13(18)9-20-16(12)21-15-5-4-11(3)6-14(15)17/h4-7,9-10,19H,8H2,1-3H3. The third-order valence-electron chi connectivity index (χ3n) is 2.89. The molecular formula is C16H18ClFN2O. The first-order valence-corrected chi connectivity index (χ1v) is 7.15. The maximum Gasteiger partial charge on any atom is 0.223 e. The van der Waals surface area contributed by atoms with Gasteiger partial charge >= 0.3 is 0 Å². The van der Waals surface area contributed by atoms with Gasteiger partial charge in [-0.15, -0.1) is 0 Å². The van der Waals surface area contributed by atoms with Crippen LogP contribution in [0.25, 0.3) is 0 Å². The lowest BCUT2D eigenvalue weighted by atomic mass is 10.2. The highest BCUT2D eigenvalue weighted by Gasteiger charge is 2.11. The van der Waals surface area contributed by atoms with Crippen molar-refractivity contribution in [2.45, 2.75) is 33.4 Å². The Kier molecular flexibility index (Phi) is 5.15. The van der Waals surface area contributed by atoms with Crippen molar-refractivity contribution in [3.8, 4) is 11.6 Å². The number of rotatable bonds is 5. The van der Waals surface area contributed by atoms with Crippen LogP contribution in [-0.2, 0) is 6.54 Å². The Labute approximate surface area is 129 Å². The van der Waals surface area contributed by atoms with E-state index in [-0.39, 0.29) is 6.04 Å². The van der Waals surface area contributed by atoms with Crippen molar-refractivity contribution in [2.75, 3.05) is 0 Å². The fourth-order valence-corrected chi connectivity index (χ4v) is 2.07. The summed E-state index contributed by atoms with van der Waals surface area (Å²) in [6.07, 6.45) is 1.14. The van der Waals surface area contributed by atoms with Crippen LogP contribution in [-0.4, -0.2) is 11.0 Å². The number of benzene rings is 1. The van der Waals surface area contributed by atoms with Gasteiger partial charge in [-0.2, -0.15) is 0 Å². The van der Waals surface area contributed by atoms with Crippen LogP contribution in [0.4, 0.5) is 4.39 Å². The fraction of sp³-hybridized carbons (Fsp3) is 0.312. The third-order valence-corrected chi connectivity index (χ3v) is 3.18. The molecule has 2 rings (SSSR count). The van der Waals surface area contributed by atoms with E-state index < -0.39 is 5.82 Å². The van der Waals surface area contributed by atoms with Crippen LogP contribution in [0.15, 0.2) is 30.5 Å². The van der Waals surface area contributed by atoms with Crippen LogP contribution >= 0.6 is 11.6 Å². The number of hydrogen-bond acceptors (Lipinski definition) is 3. The first-order chi connectivity index (χ1) is 9.95. The average molecular weight is 309 g/mol. The number of hydrogen-bond donors (Lipinski definition) is 1. The molecule has 0 fully saturated rings. The van der Waals surface area contributed by atoms with Gasteiger partial charge in [0.25, 0.3) is 0 Å². The van der Waals surface area contributed by atoms with E-state index in [1.165, 1.54) is 6.07 Å². The second-order valence-corrected chi connectivity index (χ2v) is 5.60. The molecule has 0 bridgehead atoms. The molecule has 3 nitrogen and oxygen atoms in total. The highest BCUT2D eigenvalue weighted by Crippen LogP contribution is 2.30. The van der Waals surface area contributed by atoms with Crippen molar-refractivity contribution in [3.05, 3.63) is 52.4 Å². The number of aryl methyl sites for hydroxylation is 1. The van der Waals surface area contributed by atoms with E-state index in [2.05, 4.69) is 10.3 Å². The quantitative estimate of drug-likeness (QED) is 0.884. The van der Waals surface area contributed by atoms with Crippen LogP contribution in [0.2, 0.25) is 5.02 Å². The molecule has 0 atom stereocenters. The fourth-order valence-electron chi connectivity index (χ4n) is 1.79. The first-order valence-electron chi connectivity index (χ1n) is 6.77. The molecule has 21 heavy (non-hydrogen) atoms. The molecule has 112 valence electrons. The molecule has 2 aromatic rings. The molecule has 0 aliphatic rings. The molecule has 5 heteroatoms. The molecular weight excluding hydrogens is 291 g/mol. The topological polar surface area (TPSA) is 34.1 Å². The van der Waals surface area contributed by atoms with E-state index >= 15 is 0 Å². The summed E-state index contributed by atoms with van der Waals surface area (Å²) in [6, 6.07) is 7.19. The zero-order chi connectivity index (χ0) is 15.4. The van der Waals surface area contributed by atoms with E-state index in [1.54, 1.807) is 6.07 Å². The second-order valence-electron chi connectivity index (χ2n) is 5.19. The van der Waals surface area contributed by atoms with Crippen molar-refractivity contribution in [3.63, 3.8) is 0 Å².